The van der Waals surface area contributed by atoms with Crippen molar-refractivity contribution in [1.29, 1.82) is 0 Å². The minimum Gasteiger partial charge on any atom is -0.447 e. The van der Waals surface area contributed by atoms with Gasteiger partial charge in [0.25, 0.3) is 0 Å². The molecule has 2 heterocycles. The van der Waals surface area contributed by atoms with E-state index >= 15 is 0 Å². The topological polar surface area (TPSA) is 61.9 Å². The van der Waals surface area contributed by atoms with E-state index in [9.17, 15) is 9.59 Å². The highest BCUT2D eigenvalue weighted by Crippen LogP contribution is 2.48. The lowest BCUT2D eigenvalue weighted by atomic mass is 9.63. The number of piperidine rings is 2. The summed E-state index contributed by atoms with van der Waals surface area (Å²) in [7, 11) is 0. The summed E-state index contributed by atoms with van der Waals surface area (Å²) in [6.45, 7) is 10.5. The first-order valence-electron chi connectivity index (χ1n) is 12.9. The molecule has 0 bridgehead atoms. The Labute approximate surface area is 200 Å². The summed E-state index contributed by atoms with van der Waals surface area (Å²) < 4.78 is 5.41. The summed E-state index contributed by atoms with van der Waals surface area (Å²) in [5.74, 6) is 0.627. The predicted molar refractivity (Wildman–Crippen MR) is 132 cm³/mol. The van der Waals surface area contributed by atoms with Crippen molar-refractivity contribution in [2.75, 3.05) is 32.7 Å². The van der Waals surface area contributed by atoms with E-state index in [0.29, 0.717) is 5.92 Å². The normalized spacial score (nSPS) is 25.0. The molecule has 2 fully saturated rings. The summed E-state index contributed by atoms with van der Waals surface area (Å²) >= 11 is 0. The highest BCUT2D eigenvalue weighted by atomic mass is 16.6. The van der Waals surface area contributed by atoms with Crippen molar-refractivity contribution in [3.8, 4) is 0 Å². The van der Waals surface area contributed by atoms with Gasteiger partial charge in [-0.05, 0) is 101 Å². The van der Waals surface area contributed by atoms with Crippen LogP contribution in [0.5, 0.6) is 0 Å². The Morgan fingerprint density at radius 3 is 2.64 bits per heavy atom. The number of benzene rings is 1. The smallest absolute Gasteiger partial charge is 0.410 e. The summed E-state index contributed by atoms with van der Waals surface area (Å²) in [5, 5.41) is 3.16. The summed E-state index contributed by atoms with van der Waals surface area (Å²) in [6.07, 6.45) is 7.79. The quantitative estimate of drug-likeness (QED) is 0.684. The molecule has 0 radical (unpaired) electrons. The number of rotatable bonds is 5. The number of carbonyl (C=O) groups is 2. The Morgan fingerprint density at radius 2 is 1.91 bits per heavy atom. The van der Waals surface area contributed by atoms with Crippen LogP contribution >= 0.6 is 0 Å². The molecular formula is C27H43N3O3. The summed E-state index contributed by atoms with van der Waals surface area (Å²) in [4.78, 5) is 28.5. The zero-order chi connectivity index (χ0) is 23.4. The van der Waals surface area contributed by atoms with Gasteiger partial charge in [-0.15, -0.1) is 0 Å². The SMILES string of the molecule is CC(=O)N[C@H]1CCC2(CCN(CCC3CCCN(C(=O)OC(C)C)C3)CC2)c2ccccc21.[HH]. The van der Waals surface area contributed by atoms with E-state index in [2.05, 4.69) is 34.5 Å². The third-order valence-electron chi connectivity index (χ3n) is 7.98. The fourth-order valence-corrected chi connectivity index (χ4v) is 6.22. The molecule has 2 amide bonds. The van der Waals surface area contributed by atoms with Crippen LogP contribution in [0.1, 0.15) is 84.3 Å². The molecule has 2 atom stereocenters. The maximum atomic E-state index is 12.3. The van der Waals surface area contributed by atoms with Gasteiger partial charge in [-0.3, -0.25) is 4.79 Å². The molecule has 1 aromatic rings. The van der Waals surface area contributed by atoms with Crippen LogP contribution < -0.4 is 5.32 Å². The maximum absolute atomic E-state index is 12.3. The monoisotopic (exact) mass is 457 g/mol. The average molecular weight is 458 g/mol. The van der Waals surface area contributed by atoms with Gasteiger partial charge in [0.05, 0.1) is 12.1 Å². The van der Waals surface area contributed by atoms with Crippen molar-refractivity contribution in [2.24, 2.45) is 5.92 Å². The molecule has 1 aromatic carbocycles. The number of ether oxygens (including phenoxy) is 1. The molecule has 6 heteroatoms. The van der Waals surface area contributed by atoms with Crippen molar-refractivity contribution in [1.82, 2.24) is 15.1 Å². The first-order chi connectivity index (χ1) is 15.9. The molecular weight excluding hydrogens is 414 g/mol. The highest BCUT2D eigenvalue weighted by molar-refractivity contribution is 5.73. The van der Waals surface area contributed by atoms with Crippen LogP contribution in [0.3, 0.4) is 0 Å². The van der Waals surface area contributed by atoms with Gasteiger partial charge in [0.1, 0.15) is 0 Å². The molecule has 3 aliphatic rings. The Bertz CT molecular complexity index is 838. The standard InChI is InChI=1S/C27H41N3O3.H2/c1-20(2)33-26(32)30-15-6-7-22(19-30)11-16-29-17-13-27(14-18-29)12-10-25(28-21(3)31)23-8-4-5-9-24(23)27;/h4-5,8-9,20,22,25H,6-7,10-19H2,1-3H3,(H,28,31);1H/t22?,25-;/m0./s1. The second kappa shape index (κ2) is 10.5. The lowest BCUT2D eigenvalue weighted by molar-refractivity contribution is -0.119. The minimum atomic E-state index is -0.150. The minimum absolute atomic E-state index is 0. The van der Waals surface area contributed by atoms with Crippen LogP contribution in [0.15, 0.2) is 24.3 Å². The Hall–Kier alpha value is -2.08. The number of hydrogen-bond acceptors (Lipinski definition) is 4. The molecule has 0 aromatic heterocycles. The number of amides is 2. The number of nitrogens with one attached hydrogen (secondary N) is 1. The van der Waals surface area contributed by atoms with Gasteiger partial charge in [-0.1, -0.05) is 24.3 Å². The maximum Gasteiger partial charge on any atom is 0.410 e. The number of nitrogens with zero attached hydrogens (tertiary/aromatic N) is 2. The van der Waals surface area contributed by atoms with E-state index in [0.717, 1.165) is 58.4 Å². The Kier molecular flexibility index (Phi) is 7.62. The molecule has 2 aliphatic heterocycles. The molecule has 1 aliphatic carbocycles. The molecule has 1 unspecified atom stereocenters. The highest BCUT2D eigenvalue weighted by Gasteiger charge is 2.42. The molecule has 1 N–H and O–H groups in total. The molecule has 0 saturated carbocycles. The zero-order valence-electron chi connectivity index (χ0n) is 20.6. The second-order valence-electron chi connectivity index (χ2n) is 10.7. The number of likely N-dealkylation sites (tertiary alicyclic amines) is 2. The van der Waals surface area contributed by atoms with Crippen molar-refractivity contribution in [2.45, 2.75) is 83.3 Å². The van der Waals surface area contributed by atoms with Crippen LogP contribution in [-0.4, -0.2) is 60.6 Å². The predicted octanol–water partition coefficient (Wildman–Crippen LogP) is 4.88. The Morgan fingerprint density at radius 1 is 1.15 bits per heavy atom. The van der Waals surface area contributed by atoms with Gasteiger partial charge in [0.2, 0.25) is 5.91 Å². The Balaban J connectivity index is 0.00000324. The second-order valence-corrected chi connectivity index (χ2v) is 10.7. The fraction of sp³-hybridized carbons (Fsp3) is 0.704. The van der Waals surface area contributed by atoms with Crippen LogP contribution in [0, 0.1) is 5.92 Å². The van der Waals surface area contributed by atoms with Crippen molar-refractivity contribution in [3.63, 3.8) is 0 Å². The van der Waals surface area contributed by atoms with Crippen molar-refractivity contribution >= 4 is 12.0 Å². The summed E-state index contributed by atoms with van der Waals surface area (Å²) in [6, 6.07) is 8.92. The summed E-state index contributed by atoms with van der Waals surface area (Å²) in [5.41, 5.74) is 3.04. The van der Waals surface area contributed by atoms with Gasteiger partial charge < -0.3 is 19.9 Å². The number of carbonyl (C=O) groups excluding carboxylic acids is 2. The van der Waals surface area contributed by atoms with Gasteiger partial charge in [-0.2, -0.15) is 0 Å². The zero-order valence-corrected chi connectivity index (χ0v) is 20.6. The van der Waals surface area contributed by atoms with E-state index in [1.54, 1.807) is 6.92 Å². The molecule has 1 spiro atoms. The van der Waals surface area contributed by atoms with Gasteiger partial charge in [-0.25, -0.2) is 4.79 Å². The van der Waals surface area contributed by atoms with E-state index in [1.165, 1.54) is 30.4 Å². The van der Waals surface area contributed by atoms with Gasteiger partial charge in [0.15, 0.2) is 0 Å². The third-order valence-corrected chi connectivity index (χ3v) is 7.98. The molecule has 33 heavy (non-hydrogen) atoms. The van der Waals surface area contributed by atoms with Crippen LogP contribution in [0.2, 0.25) is 0 Å². The largest absolute Gasteiger partial charge is 0.447 e. The first kappa shape index (κ1) is 24.1. The number of hydrogen-bond donors (Lipinski definition) is 1. The van der Waals surface area contributed by atoms with Crippen LogP contribution in [0.25, 0.3) is 0 Å². The number of fused-ring (bicyclic) bond motifs is 2. The van der Waals surface area contributed by atoms with E-state index in [-0.39, 0.29) is 31.0 Å². The average Bonchev–Trinajstić information content (AvgIpc) is 2.80. The lowest BCUT2D eigenvalue weighted by Crippen LogP contribution is -2.47. The van der Waals surface area contributed by atoms with E-state index in [1.807, 2.05) is 18.7 Å². The van der Waals surface area contributed by atoms with E-state index < -0.39 is 0 Å². The van der Waals surface area contributed by atoms with Crippen LogP contribution in [-0.2, 0) is 14.9 Å². The fourth-order valence-electron chi connectivity index (χ4n) is 6.22. The van der Waals surface area contributed by atoms with Crippen molar-refractivity contribution in [3.05, 3.63) is 35.4 Å². The molecule has 2 saturated heterocycles. The molecule has 184 valence electrons. The molecule has 6 nitrogen and oxygen atoms in total. The van der Waals surface area contributed by atoms with E-state index in [4.69, 9.17) is 4.74 Å². The van der Waals surface area contributed by atoms with Gasteiger partial charge in [0, 0.05) is 21.4 Å². The third kappa shape index (κ3) is 5.71. The lowest BCUT2D eigenvalue weighted by Gasteiger charge is -2.47. The van der Waals surface area contributed by atoms with Gasteiger partial charge >= 0.3 is 6.09 Å². The molecule has 4 rings (SSSR count). The van der Waals surface area contributed by atoms with Crippen LogP contribution in [0.4, 0.5) is 4.79 Å². The van der Waals surface area contributed by atoms with Crippen molar-refractivity contribution < 1.29 is 15.8 Å². The first-order valence-corrected chi connectivity index (χ1v) is 12.9.